The number of aromatic nitrogens is 4. The van der Waals surface area contributed by atoms with Gasteiger partial charge in [0.2, 0.25) is 5.95 Å². The first-order chi connectivity index (χ1) is 10.5. The van der Waals surface area contributed by atoms with Crippen molar-refractivity contribution in [3.05, 3.63) is 20.8 Å². The predicted octanol–water partition coefficient (Wildman–Crippen LogP) is -1.92. The molecule has 3 heterocycles. The SMILES string of the molecule is Cn1c(=O)c2c(nc(N)n2CC[NH+]2CCCCC2)n(C)c1=O. The van der Waals surface area contributed by atoms with Gasteiger partial charge in [0.15, 0.2) is 11.2 Å². The second kappa shape index (κ2) is 5.60. The smallest absolute Gasteiger partial charge is 0.332 e. The number of hydrogen-bond donors (Lipinski definition) is 2. The minimum atomic E-state index is -0.385. The van der Waals surface area contributed by atoms with Gasteiger partial charge in [0, 0.05) is 14.1 Å². The lowest BCUT2D eigenvalue weighted by Gasteiger charge is -2.23. The Morgan fingerprint density at radius 1 is 1.14 bits per heavy atom. The molecule has 3 rings (SSSR count). The second-order valence-corrected chi connectivity index (χ2v) is 6.06. The summed E-state index contributed by atoms with van der Waals surface area (Å²) in [6.07, 6.45) is 3.82. The summed E-state index contributed by atoms with van der Waals surface area (Å²) >= 11 is 0. The van der Waals surface area contributed by atoms with Gasteiger partial charge in [-0.2, -0.15) is 4.98 Å². The Balaban J connectivity index is 2.00. The molecule has 120 valence electrons. The van der Waals surface area contributed by atoms with E-state index in [1.165, 1.54) is 48.9 Å². The van der Waals surface area contributed by atoms with Gasteiger partial charge in [-0.25, -0.2) is 4.79 Å². The molecule has 8 nitrogen and oxygen atoms in total. The fraction of sp³-hybridized carbons (Fsp3) is 0.643. The van der Waals surface area contributed by atoms with Gasteiger partial charge in [-0.3, -0.25) is 18.5 Å². The molecule has 8 heteroatoms. The normalized spacial score (nSPS) is 16.5. The van der Waals surface area contributed by atoms with Crippen LogP contribution in [0.2, 0.25) is 0 Å². The van der Waals surface area contributed by atoms with Crippen LogP contribution in [0.5, 0.6) is 0 Å². The van der Waals surface area contributed by atoms with Gasteiger partial charge >= 0.3 is 5.69 Å². The molecule has 0 aromatic carbocycles. The molecule has 0 amide bonds. The Morgan fingerprint density at radius 2 is 1.82 bits per heavy atom. The number of imidazole rings is 1. The molecule has 0 radical (unpaired) electrons. The zero-order valence-corrected chi connectivity index (χ0v) is 13.1. The number of anilines is 1. The van der Waals surface area contributed by atoms with Crippen molar-refractivity contribution in [2.24, 2.45) is 14.1 Å². The number of nitrogens with two attached hydrogens (primary N) is 1. The highest BCUT2D eigenvalue weighted by molar-refractivity contribution is 5.73. The summed E-state index contributed by atoms with van der Waals surface area (Å²) in [5.41, 5.74) is 6.04. The molecule has 0 aliphatic carbocycles. The Bertz CT molecular complexity index is 809. The predicted molar refractivity (Wildman–Crippen MR) is 84.0 cm³/mol. The highest BCUT2D eigenvalue weighted by Gasteiger charge is 2.19. The Labute approximate surface area is 127 Å². The van der Waals surface area contributed by atoms with E-state index >= 15 is 0 Å². The van der Waals surface area contributed by atoms with E-state index in [1.807, 2.05) is 0 Å². The summed E-state index contributed by atoms with van der Waals surface area (Å²) in [5.74, 6) is 0.296. The van der Waals surface area contributed by atoms with Crippen molar-refractivity contribution in [3.63, 3.8) is 0 Å². The number of hydrogen-bond acceptors (Lipinski definition) is 4. The highest BCUT2D eigenvalue weighted by Crippen LogP contribution is 2.11. The molecule has 0 spiro atoms. The largest absolute Gasteiger partial charge is 0.369 e. The zero-order chi connectivity index (χ0) is 15.9. The molecule has 1 fully saturated rings. The fourth-order valence-electron chi connectivity index (χ4n) is 3.26. The summed E-state index contributed by atoms with van der Waals surface area (Å²) in [5, 5.41) is 0. The number of quaternary nitrogens is 1. The third-order valence-electron chi connectivity index (χ3n) is 4.63. The van der Waals surface area contributed by atoms with Crippen molar-refractivity contribution in [3.8, 4) is 0 Å². The summed E-state index contributed by atoms with van der Waals surface area (Å²) in [6, 6.07) is 0. The van der Waals surface area contributed by atoms with Crippen LogP contribution in [0.3, 0.4) is 0 Å². The quantitative estimate of drug-likeness (QED) is 0.692. The van der Waals surface area contributed by atoms with Crippen LogP contribution in [0.25, 0.3) is 11.2 Å². The van der Waals surface area contributed by atoms with Gasteiger partial charge in [-0.05, 0) is 19.3 Å². The maximum Gasteiger partial charge on any atom is 0.332 e. The van der Waals surface area contributed by atoms with Gasteiger partial charge < -0.3 is 10.6 Å². The topological polar surface area (TPSA) is 92.3 Å². The maximum atomic E-state index is 12.4. The minimum Gasteiger partial charge on any atom is -0.369 e. The fourth-order valence-corrected chi connectivity index (χ4v) is 3.26. The third kappa shape index (κ3) is 2.33. The summed E-state index contributed by atoms with van der Waals surface area (Å²) in [7, 11) is 3.09. The van der Waals surface area contributed by atoms with Gasteiger partial charge in [-0.15, -0.1) is 0 Å². The van der Waals surface area contributed by atoms with Crippen LogP contribution in [0.1, 0.15) is 19.3 Å². The van der Waals surface area contributed by atoms with E-state index in [0.29, 0.717) is 23.7 Å². The average Bonchev–Trinajstić information content (AvgIpc) is 2.86. The first kappa shape index (κ1) is 14.8. The molecule has 2 aromatic rings. The average molecular weight is 307 g/mol. The van der Waals surface area contributed by atoms with E-state index in [1.54, 1.807) is 11.6 Å². The van der Waals surface area contributed by atoms with Crippen molar-refractivity contribution in [1.29, 1.82) is 0 Å². The molecule has 0 bridgehead atoms. The molecule has 1 aliphatic rings. The van der Waals surface area contributed by atoms with Crippen molar-refractivity contribution in [1.82, 2.24) is 18.7 Å². The van der Waals surface area contributed by atoms with Gasteiger partial charge in [-0.1, -0.05) is 0 Å². The van der Waals surface area contributed by atoms with Gasteiger partial charge in [0.1, 0.15) is 0 Å². The van der Waals surface area contributed by atoms with E-state index in [9.17, 15) is 9.59 Å². The number of rotatable bonds is 3. The van der Waals surface area contributed by atoms with Gasteiger partial charge in [0.25, 0.3) is 5.56 Å². The molecular weight excluding hydrogens is 284 g/mol. The number of aryl methyl sites for hydroxylation is 1. The Hall–Kier alpha value is -2.09. The molecule has 0 saturated carbocycles. The standard InChI is InChI=1S/C14H22N6O2/c1-17-11-10(12(21)18(2)14(17)22)20(13(15)16-11)9-8-19-6-4-3-5-7-19/h3-9H2,1-2H3,(H2,15,16)/p+1. The first-order valence-electron chi connectivity index (χ1n) is 7.76. The van der Waals surface area contributed by atoms with E-state index in [-0.39, 0.29) is 11.2 Å². The molecule has 0 unspecified atom stereocenters. The lowest BCUT2D eigenvalue weighted by atomic mass is 10.1. The van der Waals surface area contributed by atoms with Crippen LogP contribution in [0.15, 0.2) is 9.59 Å². The van der Waals surface area contributed by atoms with Crippen molar-refractivity contribution in [2.75, 3.05) is 25.4 Å². The molecule has 2 aromatic heterocycles. The Morgan fingerprint density at radius 3 is 2.50 bits per heavy atom. The number of fused-ring (bicyclic) bond motifs is 1. The van der Waals surface area contributed by atoms with Crippen molar-refractivity contribution >= 4 is 17.1 Å². The van der Waals surface area contributed by atoms with E-state index in [4.69, 9.17) is 5.73 Å². The molecule has 0 atom stereocenters. The third-order valence-corrected chi connectivity index (χ3v) is 4.63. The second-order valence-electron chi connectivity index (χ2n) is 6.06. The number of likely N-dealkylation sites (tertiary alicyclic amines) is 1. The number of nitrogens with one attached hydrogen (secondary N) is 1. The van der Waals surface area contributed by atoms with Crippen LogP contribution in [0, 0.1) is 0 Å². The minimum absolute atomic E-state index is 0.296. The van der Waals surface area contributed by atoms with Crippen LogP contribution >= 0.6 is 0 Å². The van der Waals surface area contributed by atoms with E-state index in [0.717, 1.165) is 11.1 Å². The van der Waals surface area contributed by atoms with Crippen LogP contribution in [-0.4, -0.2) is 38.3 Å². The van der Waals surface area contributed by atoms with E-state index in [2.05, 4.69) is 4.98 Å². The number of nitrogen functional groups attached to an aromatic ring is 1. The molecule has 1 saturated heterocycles. The number of piperidine rings is 1. The summed E-state index contributed by atoms with van der Waals surface area (Å²) in [4.78, 5) is 30.1. The summed E-state index contributed by atoms with van der Waals surface area (Å²) < 4.78 is 4.23. The zero-order valence-electron chi connectivity index (χ0n) is 13.1. The highest BCUT2D eigenvalue weighted by atomic mass is 16.2. The van der Waals surface area contributed by atoms with Crippen LogP contribution < -0.4 is 21.9 Å². The lowest BCUT2D eigenvalue weighted by molar-refractivity contribution is -0.905. The Kier molecular flexibility index (Phi) is 3.78. The monoisotopic (exact) mass is 307 g/mol. The molecule has 1 aliphatic heterocycles. The van der Waals surface area contributed by atoms with E-state index < -0.39 is 0 Å². The number of nitrogens with zero attached hydrogens (tertiary/aromatic N) is 4. The molecule has 22 heavy (non-hydrogen) atoms. The first-order valence-corrected chi connectivity index (χ1v) is 7.76. The lowest BCUT2D eigenvalue weighted by Crippen LogP contribution is -3.13. The van der Waals surface area contributed by atoms with Crippen molar-refractivity contribution < 1.29 is 4.90 Å². The van der Waals surface area contributed by atoms with Crippen LogP contribution in [0.4, 0.5) is 5.95 Å². The summed E-state index contributed by atoms with van der Waals surface area (Å²) in [6.45, 7) is 3.90. The maximum absolute atomic E-state index is 12.4. The van der Waals surface area contributed by atoms with Crippen molar-refractivity contribution in [2.45, 2.75) is 25.8 Å². The van der Waals surface area contributed by atoms with Crippen LogP contribution in [-0.2, 0) is 20.6 Å². The van der Waals surface area contributed by atoms with Gasteiger partial charge in [0.05, 0.1) is 26.2 Å². The molecular formula is C14H23N6O2+. The molecule has 3 N–H and O–H groups in total.